The van der Waals surface area contributed by atoms with Gasteiger partial charge in [-0.1, -0.05) is 0 Å². The van der Waals surface area contributed by atoms with Gasteiger partial charge in [-0.15, -0.1) is 0 Å². The molecule has 1 fully saturated rings. The minimum atomic E-state index is -0.277. The van der Waals surface area contributed by atoms with Crippen LogP contribution in [0.1, 0.15) is 17.2 Å². The van der Waals surface area contributed by atoms with E-state index in [0.29, 0.717) is 47.5 Å². The Balaban J connectivity index is 1.59. The fraction of sp³-hybridized carbons (Fsp3) is 0.478. The lowest BCUT2D eigenvalue weighted by Gasteiger charge is -2.22. The molecule has 1 N–H and O–H groups in total. The van der Waals surface area contributed by atoms with Crippen LogP contribution in [0.25, 0.3) is 0 Å². The zero-order valence-electron chi connectivity index (χ0n) is 18.2. The van der Waals surface area contributed by atoms with Crippen molar-refractivity contribution < 1.29 is 38.3 Å². The summed E-state index contributed by atoms with van der Waals surface area (Å²) in [5.74, 6) is 3.60. The van der Waals surface area contributed by atoms with Gasteiger partial charge in [-0.2, -0.15) is 0 Å². The summed E-state index contributed by atoms with van der Waals surface area (Å²) >= 11 is 0. The first kappa shape index (κ1) is 21.4. The first-order chi connectivity index (χ1) is 15.1. The summed E-state index contributed by atoms with van der Waals surface area (Å²) in [4.78, 5) is 0. The molecule has 0 aliphatic carbocycles. The van der Waals surface area contributed by atoms with Gasteiger partial charge in [0.15, 0.2) is 23.0 Å². The van der Waals surface area contributed by atoms with Crippen LogP contribution in [0, 0.1) is 11.8 Å². The smallest absolute Gasteiger partial charge is 0.231 e. The second-order valence-electron chi connectivity index (χ2n) is 7.56. The van der Waals surface area contributed by atoms with Crippen LogP contribution in [0.15, 0.2) is 24.3 Å². The van der Waals surface area contributed by atoms with E-state index < -0.39 is 0 Å². The van der Waals surface area contributed by atoms with Crippen LogP contribution in [0.2, 0.25) is 0 Å². The molecule has 0 amide bonds. The maximum absolute atomic E-state index is 10.2. The molecule has 0 spiro atoms. The summed E-state index contributed by atoms with van der Waals surface area (Å²) in [5.41, 5.74) is 1.91. The Morgan fingerprint density at radius 2 is 1.61 bits per heavy atom. The van der Waals surface area contributed by atoms with E-state index in [-0.39, 0.29) is 31.3 Å². The van der Waals surface area contributed by atoms with Gasteiger partial charge in [0.05, 0.1) is 41.2 Å². The number of aliphatic hydroxyl groups is 1. The van der Waals surface area contributed by atoms with Crippen molar-refractivity contribution in [2.75, 3.05) is 48.4 Å². The average molecular weight is 432 g/mol. The molecule has 4 rings (SSSR count). The molecule has 2 aromatic rings. The first-order valence-electron chi connectivity index (χ1n) is 10.1. The maximum atomic E-state index is 10.2. The van der Waals surface area contributed by atoms with Gasteiger partial charge in [-0.3, -0.25) is 0 Å². The van der Waals surface area contributed by atoms with Crippen molar-refractivity contribution >= 4 is 0 Å². The molecule has 2 aromatic carbocycles. The van der Waals surface area contributed by atoms with Gasteiger partial charge in [0, 0.05) is 12.5 Å². The maximum Gasteiger partial charge on any atom is 0.231 e. The SMILES string of the molecule is COc1cc(CC2COC(c3cc(OC)c4c(c3)OCO4)C2CO)cc(OC)c1OC. The molecular formula is C23H28O8. The molecule has 3 unspecified atom stereocenters. The van der Waals surface area contributed by atoms with E-state index in [1.807, 2.05) is 24.3 Å². The largest absolute Gasteiger partial charge is 0.493 e. The molecule has 0 saturated carbocycles. The van der Waals surface area contributed by atoms with Crippen molar-refractivity contribution in [2.45, 2.75) is 12.5 Å². The van der Waals surface area contributed by atoms with Gasteiger partial charge in [-0.05, 0) is 47.7 Å². The Labute approximate surface area is 181 Å². The number of benzene rings is 2. The van der Waals surface area contributed by atoms with Crippen molar-refractivity contribution in [1.82, 2.24) is 0 Å². The Bertz CT molecular complexity index is 903. The number of aliphatic hydroxyl groups excluding tert-OH is 1. The third kappa shape index (κ3) is 3.93. The Morgan fingerprint density at radius 3 is 2.23 bits per heavy atom. The van der Waals surface area contributed by atoms with E-state index in [1.165, 1.54) is 0 Å². The molecule has 2 aliphatic rings. The van der Waals surface area contributed by atoms with Crippen LogP contribution in [0.5, 0.6) is 34.5 Å². The molecule has 3 atom stereocenters. The van der Waals surface area contributed by atoms with E-state index in [9.17, 15) is 5.11 Å². The van der Waals surface area contributed by atoms with Gasteiger partial charge in [-0.25, -0.2) is 0 Å². The molecule has 0 aromatic heterocycles. The fourth-order valence-electron chi connectivity index (χ4n) is 4.39. The lowest BCUT2D eigenvalue weighted by atomic mass is 9.84. The second kappa shape index (κ2) is 9.11. The minimum absolute atomic E-state index is 0.00346. The summed E-state index contributed by atoms with van der Waals surface area (Å²) in [5, 5.41) is 10.2. The van der Waals surface area contributed by atoms with Crippen molar-refractivity contribution in [3.8, 4) is 34.5 Å². The highest BCUT2D eigenvalue weighted by Crippen LogP contribution is 2.48. The molecule has 31 heavy (non-hydrogen) atoms. The highest BCUT2D eigenvalue weighted by atomic mass is 16.7. The summed E-state index contributed by atoms with van der Waals surface area (Å²) in [6.07, 6.45) is 0.417. The number of rotatable bonds is 8. The van der Waals surface area contributed by atoms with Crippen LogP contribution in [0.4, 0.5) is 0 Å². The number of methoxy groups -OCH3 is 4. The van der Waals surface area contributed by atoms with Crippen molar-refractivity contribution in [3.63, 3.8) is 0 Å². The zero-order valence-corrected chi connectivity index (χ0v) is 18.2. The third-order valence-electron chi connectivity index (χ3n) is 5.93. The van der Waals surface area contributed by atoms with Crippen LogP contribution in [-0.4, -0.2) is 53.6 Å². The van der Waals surface area contributed by atoms with Gasteiger partial charge >= 0.3 is 0 Å². The predicted molar refractivity (Wildman–Crippen MR) is 112 cm³/mol. The van der Waals surface area contributed by atoms with Crippen molar-refractivity contribution in [2.24, 2.45) is 11.8 Å². The summed E-state index contributed by atoms with van der Waals surface area (Å²) in [6.45, 7) is 0.674. The number of ether oxygens (including phenoxy) is 7. The van der Waals surface area contributed by atoms with Crippen molar-refractivity contribution in [1.29, 1.82) is 0 Å². The quantitative estimate of drug-likeness (QED) is 0.682. The summed E-state index contributed by atoms with van der Waals surface area (Å²) in [7, 11) is 6.36. The Kier molecular flexibility index (Phi) is 6.29. The van der Waals surface area contributed by atoms with E-state index >= 15 is 0 Å². The van der Waals surface area contributed by atoms with Gasteiger partial charge in [0.2, 0.25) is 18.3 Å². The monoisotopic (exact) mass is 432 g/mol. The van der Waals surface area contributed by atoms with E-state index in [1.54, 1.807) is 28.4 Å². The van der Waals surface area contributed by atoms with E-state index in [4.69, 9.17) is 33.2 Å². The van der Waals surface area contributed by atoms with Crippen LogP contribution >= 0.6 is 0 Å². The third-order valence-corrected chi connectivity index (χ3v) is 5.93. The highest BCUT2D eigenvalue weighted by molar-refractivity contribution is 5.56. The van der Waals surface area contributed by atoms with E-state index in [0.717, 1.165) is 11.1 Å². The molecule has 0 radical (unpaired) electrons. The summed E-state index contributed by atoms with van der Waals surface area (Å²) < 4.78 is 39.0. The van der Waals surface area contributed by atoms with Crippen LogP contribution in [-0.2, 0) is 11.2 Å². The van der Waals surface area contributed by atoms with Gasteiger partial charge in [0.25, 0.3) is 0 Å². The highest BCUT2D eigenvalue weighted by Gasteiger charge is 2.39. The number of hydrogen-bond donors (Lipinski definition) is 1. The van der Waals surface area contributed by atoms with Crippen LogP contribution in [0.3, 0.4) is 0 Å². The van der Waals surface area contributed by atoms with Crippen molar-refractivity contribution in [3.05, 3.63) is 35.4 Å². The minimum Gasteiger partial charge on any atom is -0.493 e. The first-order valence-corrected chi connectivity index (χ1v) is 10.1. The number of hydrogen-bond acceptors (Lipinski definition) is 8. The standard InChI is InChI=1S/C23H28O8/c1-25-17-6-13(7-18(26-2)22(17)28-4)5-15-11-29-21(16(15)10-24)14-8-19(27-3)23-20(9-14)30-12-31-23/h6-9,15-16,21,24H,5,10-12H2,1-4H3. The van der Waals surface area contributed by atoms with Gasteiger partial charge in [0.1, 0.15) is 0 Å². The molecule has 168 valence electrons. The molecule has 8 heteroatoms. The molecule has 2 heterocycles. The average Bonchev–Trinajstić information content (AvgIpc) is 3.44. The summed E-state index contributed by atoms with van der Waals surface area (Å²) in [6, 6.07) is 7.67. The van der Waals surface area contributed by atoms with E-state index in [2.05, 4.69) is 0 Å². The van der Waals surface area contributed by atoms with Crippen LogP contribution < -0.4 is 28.4 Å². The topological polar surface area (TPSA) is 84.8 Å². The molecule has 8 nitrogen and oxygen atoms in total. The molecule has 2 aliphatic heterocycles. The Hall–Kier alpha value is -2.84. The number of fused-ring (bicyclic) bond motifs is 1. The molecule has 0 bridgehead atoms. The lowest BCUT2D eigenvalue weighted by molar-refractivity contribution is 0.0716. The Morgan fingerprint density at radius 1 is 0.903 bits per heavy atom. The van der Waals surface area contributed by atoms with Gasteiger partial charge < -0.3 is 38.3 Å². The molecule has 1 saturated heterocycles. The zero-order chi connectivity index (χ0) is 22.0. The lowest BCUT2D eigenvalue weighted by Crippen LogP contribution is -2.21. The second-order valence-corrected chi connectivity index (χ2v) is 7.56. The fourth-order valence-corrected chi connectivity index (χ4v) is 4.39. The molecular weight excluding hydrogens is 404 g/mol. The normalized spacial score (nSPS) is 21.8. The predicted octanol–water partition coefficient (Wildman–Crippen LogP) is 2.99.